The second kappa shape index (κ2) is 10.2. The van der Waals surface area contributed by atoms with Gasteiger partial charge in [0.25, 0.3) is 0 Å². The van der Waals surface area contributed by atoms with Gasteiger partial charge in [-0.2, -0.15) is 9.97 Å². The maximum atomic E-state index is 10.8. The van der Waals surface area contributed by atoms with Crippen molar-refractivity contribution in [1.29, 1.82) is 0 Å². The smallest absolute Gasteiger partial charge is 0.320 e. The van der Waals surface area contributed by atoms with Gasteiger partial charge >= 0.3 is 6.01 Å². The van der Waals surface area contributed by atoms with Gasteiger partial charge in [0, 0.05) is 6.07 Å². The maximum Gasteiger partial charge on any atom is 0.320 e. The van der Waals surface area contributed by atoms with Crippen molar-refractivity contribution < 1.29 is 29.3 Å². The van der Waals surface area contributed by atoms with E-state index < -0.39 is 24.5 Å². The fourth-order valence-corrected chi connectivity index (χ4v) is 4.28. The second-order valence-electron chi connectivity index (χ2n) is 8.60. The largest absolute Gasteiger partial charge is 0.467 e. The van der Waals surface area contributed by atoms with Crippen LogP contribution in [0.4, 0.5) is 5.82 Å². The van der Waals surface area contributed by atoms with Crippen LogP contribution in [0, 0.1) is 0 Å². The molecule has 1 fully saturated rings. The number of fused-ring (bicyclic) bond motifs is 1. The van der Waals surface area contributed by atoms with Gasteiger partial charge in [0.1, 0.15) is 18.3 Å². The van der Waals surface area contributed by atoms with E-state index in [2.05, 4.69) is 25.4 Å². The van der Waals surface area contributed by atoms with Crippen LogP contribution in [0.25, 0.3) is 11.2 Å². The summed E-state index contributed by atoms with van der Waals surface area (Å²) in [6.45, 7) is 1.79. The Kier molecular flexibility index (Phi) is 6.83. The highest BCUT2D eigenvalue weighted by Crippen LogP contribution is 2.40. The number of imidazole rings is 1. The minimum Gasteiger partial charge on any atom is -0.467 e. The molecule has 1 aromatic carbocycles. The Morgan fingerprint density at radius 1 is 1.17 bits per heavy atom. The summed E-state index contributed by atoms with van der Waals surface area (Å²) in [4.78, 5) is 13.2. The summed E-state index contributed by atoms with van der Waals surface area (Å²) in [7, 11) is 1.44. The lowest BCUT2D eigenvalue weighted by atomic mass is 10.1. The molecule has 0 bridgehead atoms. The number of anilines is 1. The lowest BCUT2D eigenvalue weighted by molar-refractivity contribution is -0.0434. The molecule has 0 spiro atoms. The standard InChI is InChI=1S/C24H28N6O6/c1-3-14-10-16(36-29-14)20-18(32)19(33)23(35-20)30-12-25-17-21(27-24(34-2)28-22(17)30)26-15(11-31)9-13-7-5-4-6-8-13/h4-8,10,12,15,18-20,23,31-33H,3,9,11H2,1-2H3,(H,26,27,28)/t15-,18-,19+,20+,23+/m0/s1. The van der Waals surface area contributed by atoms with E-state index in [0.717, 1.165) is 5.56 Å². The van der Waals surface area contributed by atoms with Crippen LogP contribution >= 0.6 is 0 Å². The van der Waals surface area contributed by atoms with Gasteiger partial charge in [-0.1, -0.05) is 42.4 Å². The SMILES string of the molecule is CCc1cc([C@H]2O[C@@H](n3cnc4c(N[C@H](CO)Cc5ccccc5)nc(OC)nc43)[C@H](O)[C@@H]2O)on1. The number of aliphatic hydroxyl groups excluding tert-OH is 3. The molecule has 12 heteroatoms. The predicted octanol–water partition coefficient (Wildman–Crippen LogP) is 1.39. The monoisotopic (exact) mass is 496 g/mol. The third-order valence-electron chi connectivity index (χ3n) is 6.20. The number of aryl methyl sites for hydroxylation is 1. The quantitative estimate of drug-likeness (QED) is 0.265. The first-order valence-electron chi connectivity index (χ1n) is 11.7. The number of nitrogens with zero attached hydrogens (tertiary/aromatic N) is 5. The number of nitrogens with one attached hydrogen (secondary N) is 1. The maximum absolute atomic E-state index is 10.8. The van der Waals surface area contributed by atoms with Crippen molar-refractivity contribution in [3.05, 3.63) is 59.7 Å². The first-order chi connectivity index (χ1) is 17.5. The normalized spacial score (nSPS) is 22.7. The highest BCUT2D eigenvalue weighted by atomic mass is 16.6. The van der Waals surface area contributed by atoms with E-state index in [1.165, 1.54) is 18.0 Å². The van der Waals surface area contributed by atoms with Gasteiger partial charge < -0.3 is 34.6 Å². The third kappa shape index (κ3) is 4.51. The summed E-state index contributed by atoms with van der Waals surface area (Å²) >= 11 is 0. The molecule has 1 aliphatic heterocycles. The third-order valence-corrected chi connectivity index (χ3v) is 6.20. The van der Waals surface area contributed by atoms with Crippen LogP contribution in [-0.2, 0) is 17.6 Å². The van der Waals surface area contributed by atoms with Crippen molar-refractivity contribution in [3.63, 3.8) is 0 Å². The van der Waals surface area contributed by atoms with Gasteiger partial charge in [-0.05, 0) is 18.4 Å². The average Bonchev–Trinajstić information content (AvgIpc) is 3.62. The zero-order chi connectivity index (χ0) is 25.2. The molecule has 36 heavy (non-hydrogen) atoms. The number of benzene rings is 1. The molecule has 190 valence electrons. The van der Waals surface area contributed by atoms with Gasteiger partial charge in [-0.15, -0.1) is 0 Å². The number of methoxy groups -OCH3 is 1. The fourth-order valence-electron chi connectivity index (χ4n) is 4.28. The van der Waals surface area contributed by atoms with Crippen molar-refractivity contribution in [3.8, 4) is 6.01 Å². The van der Waals surface area contributed by atoms with Gasteiger partial charge in [-0.3, -0.25) is 4.57 Å². The van der Waals surface area contributed by atoms with E-state index in [4.69, 9.17) is 14.0 Å². The summed E-state index contributed by atoms with van der Waals surface area (Å²) in [5.41, 5.74) is 2.48. The number of hydrogen-bond acceptors (Lipinski definition) is 11. The molecular weight excluding hydrogens is 468 g/mol. The Balaban J connectivity index is 1.45. The molecule has 12 nitrogen and oxygen atoms in total. The van der Waals surface area contributed by atoms with Crippen molar-refractivity contribution in [1.82, 2.24) is 24.7 Å². The molecule has 0 saturated carbocycles. The molecule has 0 unspecified atom stereocenters. The number of aliphatic hydroxyl groups is 3. The predicted molar refractivity (Wildman–Crippen MR) is 127 cm³/mol. The summed E-state index contributed by atoms with van der Waals surface area (Å²) in [6.07, 6.45) is -1.79. The van der Waals surface area contributed by atoms with Crippen LogP contribution in [0.1, 0.15) is 36.3 Å². The van der Waals surface area contributed by atoms with E-state index >= 15 is 0 Å². The molecule has 0 radical (unpaired) electrons. The van der Waals surface area contributed by atoms with Crippen LogP contribution < -0.4 is 10.1 Å². The Morgan fingerprint density at radius 2 is 1.97 bits per heavy atom. The van der Waals surface area contributed by atoms with Crippen molar-refractivity contribution in [2.75, 3.05) is 19.0 Å². The fraction of sp³-hybridized carbons (Fsp3) is 0.417. The molecular formula is C24H28N6O6. The summed E-state index contributed by atoms with van der Waals surface area (Å²) < 4.78 is 18.1. The first-order valence-corrected chi connectivity index (χ1v) is 11.7. The molecule has 4 heterocycles. The van der Waals surface area contributed by atoms with E-state index in [1.54, 1.807) is 6.07 Å². The van der Waals surface area contributed by atoms with Crippen molar-refractivity contribution in [2.24, 2.45) is 0 Å². The highest BCUT2D eigenvalue weighted by molar-refractivity contribution is 5.83. The zero-order valence-corrected chi connectivity index (χ0v) is 19.9. The molecule has 5 atom stereocenters. The van der Waals surface area contributed by atoms with Crippen LogP contribution in [0.2, 0.25) is 0 Å². The van der Waals surface area contributed by atoms with Gasteiger partial charge in [-0.25, -0.2) is 4.98 Å². The van der Waals surface area contributed by atoms with Crippen molar-refractivity contribution in [2.45, 2.75) is 50.3 Å². The summed E-state index contributed by atoms with van der Waals surface area (Å²) in [6, 6.07) is 11.2. The first kappa shape index (κ1) is 24.1. The van der Waals surface area contributed by atoms with Gasteiger partial charge in [0.2, 0.25) is 0 Å². The lowest BCUT2D eigenvalue weighted by Crippen LogP contribution is -2.29. The minimum absolute atomic E-state index is 0.0653. The lowest BCUT2D eigenvalue weighted by Gasteiger charge is -2.19. The molecule has 3 aromatic heterocycles. The van der Waals surface area contributed by atoms with Crippen LogP contribution in [0.5, 0.6) is 6.01 Å². The Hall–Kier alpha value is -3.58. The summed E-state index contributed by atoms with van der Waals surface area (Å²) in [5, 5.41) is 38.7. The molecule has 4 aromatic rings. The number of ether oxygens (including phenoxy) is 2. The van der Waals surface area contributed by atoms with Gasteiger partial charge in [0.15, 0.2) is 29.0 Å². The van der Waals surface area contributed by atoms with Gasteiger partial charge in [0.05, 0.1) is 31.8 Å². The van der Waals surface area contributed by atoms with E-state index in [-0.39, 0.29) is 18.7 Å². The Labute approximate surface area is 206 Å². The molecule has 5 rings (SSSR count). The van der Waals surface area contributed by atoms with Crippen molar-refractivity contribution >= 4 is 17.0 Å². The summed E-state index contributed by atoms with van der Waals surface area (Å²) in [5.74, 6) is 0.685. The van der Waals surface area contributed by atoms with Crippen LogP contribution in [0.3, 0.4) is 0 Å². The second-order valence-corrected chi connectivity index (χ2v) is 8.60. The molecule has 0 amide bonds. The Bertz CT molecular complexity index is 1310. The Morgan fingerprint density at radius 3 is 2.67 bits per heavy atom. The topological polar surface area (TPSA) is 161 Å². The number of hydrogen-bond donors (Lipinski definition) is 4. The zero-order valence-electron chi connectivity index (χ0n) is 19.9. The van der Waals surface area contributed by atoms with E-state index in [0.29, 0.717) is 41.3 Å². The van der Waals surface area contributed by atoms with Crippen LogP contribution in [0.15, 0.2) is 47.2 Å². The van der Waals surface area contributed by atoms with E-state index in [9.17, 15) is 15.3 Å². The molecule has 4 N–H and O–H groups in total. The van der Waals surface area contributed by atoms with Crippen LogP contribution in [-0.4, -0.2) is 72.0 Å². The molecule has 1 saturated heterocycles. The number of rotatable bonds is 9. The van der Waals surface area contributed by atoms with E-state index in [1.807, 2.05) is 37.3 Å². The highest BCUT2D eigenvalue weighted by Gasteiger charge is 2.47. The molecule has 1 aliphatic rings. The minimum atomic E-state index is -1.29. The average molecular weight is 497 g/mol. The number of aromatic nitrogens is 5. The molecule has 0 aliphatic carbocycles.